The van der Waals surface area contributed by atoms with E-state index in [1.807, 2.05) is 42.6 Å². The lowest BCUT2D eigenvalue weighted by atomic mass is 10.2. The summed E-state index contributed by atoms with van der Waals surface area (Å²) in [5.74, 6) is 0.692. The molecule has 0 bridgehead atoms. The van der Waals surface area contributed by atoms with E-state index >= 15 is 0 Å². The second-order valence-corrected chi connectivity index (χ2v) is 5.08. The van der Waals surface area contributed by atoms with Crippen LogP contribution in [-0.2, 0) is 6.61 Å². The molecule has 2 aromatic heterocycles. The number of furan rings is 1. The summed E-state index contributed by atoms with van der Waals surface area (Å²) >= 11 is 1.58. The fraction of sp³-hybridized carbons (Fsp3) is 0.143. The Labute approximate surface area is 113 Å². The topological polar surface area (TPSA) is 59.0 Å². The predicted molar refractivity (Wildman–Crippen MR) is 72.1 cm³/mol. The summed E-state index contributed by atoms with van der Waals surface area (Å²) < 4.78 is 11.1. The van der Waals surface area contributed by atoms with Gasteiger partial charge in [0.05, 0.1) is 16.1 Å². The van der Waals surface area contributed by atoms with Gasteiger partial charge in [-0.3, -0.25) is 0 Å². The van der Waals surface area contributed by atoms with Crippen molar-refractivity contribution in [2.75, 3.05) is 0 Å². The molecule has 0 atom stereocenters. The number of aryl methyl sites for hydroxylation is 1. The maximum Gasteiger partial charge on any atom is 0.246 e. The van der Waals surface area contributed by atoms with E-state index in [0.29, 0.717) is 17.9 Å². The van der Waals surface area contributed by atoms with Crippen LogP contribution in [0, 0.1) is 18.3 Å². The number of fused-ring (bicyclic) bond motifs is 1. The third kappa shape index (κ3) is 2.18. The van der Waals surface area contributed by atoms with Gasteiger partial charge in [-0.05, 0) is 19.1 Å². The second-order valence-electron chi connectivity index (χ2n) is 4.01. The van der Waals surface area contributed by atoms with Crippen LogP contribution in [-0.4, -0.2) is 4.98 Å². The van der Waals surface area contributed by atoms with Crippen molar-refractivity contribution in [2.45, 2.75) is 13.5 Å². The van der Waals surface area contributed by atoms with Crippen LogP contribution >= 0.6 is 11.3 Å². The van der Waals surface area contributed by atoms with Crippen molar-refractivity contribution >= 4 is 22.3 Å². The van der Waals surface area contributed by atoms with Crippen LogP contribution in [0.25, 0.3) is 11.0 Å². The Morgan fingerprint density at radius 1 is 1.42 bits per heavy atom. The highest BCUT2D eigenvalue weighted by molar-refractivity contribution is 7.09. The minimum absolute atomic E-state index is 0.202. The number of thiazole rings is 1. The highest BCUT2D eigenvalue weighted by Gasteiger charge is 2.15. The van der Waals surface area contributed by atoms with E-state index in [-0.39, 0.29) is 5.76 Å². The van der Waals surface area contributed by atoms with Crippen molar-refractivity contribution in [3.05, 3.63) is 46.1 Å². The molecule has 4 nitrogen and oxygen atoms in total. The van der Waals surface area contributed by atoms with Crippen molar-refractivity contribution in [3.8, 4) is 11.8 Å². The van der Waals surface area contributed by atoms with Gasteiger partial charge in [-0.1, -0.05) is 12.1 Å². The van der Waals surface area contributed by atoms with Crippen LogP contribution in [0.15, 0.2) is 34.1 Å². The minimum Gasteiger partial charge on any atom is -0.482 e. The van der Waals surface area contributed by atoms with Gasteiger partial charge in [-0.15, -0.1) is 11.3 Å². The average Bonchev–Trinajstić information content (AvgIpc) is 2.99. The lowest BCUT2D eigenvalue weighted by Crippen LogP contribution is -1.96. The number of para-hydroxylation sites is 1. The molecule has 0 spiro atoms. The van der Waals surface area contributed by atoms with E-state index < -0.39 is 0 Å². The minimum atomic E-state index is 0.202. The third-order valence-electron chi connectivity index (χ3n) is 2.68. The largest absolute Gasteiger partial charge is 0.482 e. The predicted octanol–water partition coefficient (Wildman–Crippen LogP) is 3.65. The quantitative estimate of drug-likeness (QED) is 0.729. The molecule has 0 saturated carbocycles. The highest BCUT2D eigenvalue weighted by Crippen LogP contribution is 2.33. The maximum atomic E-state index is 9.08. The molecule has 2 heterocycles. The first-order valence-corrected chi connectivity index (χ1v) is 6.61. The van der Waals surface area contributed by atoms with Crippen molar-refractivity contribution < 1.29 is 9.15 Å². The number of hydrogen-bond acceptors (Lipinski definition) is 5. The van der Waals surface area contributed by atoms with Crippen LogP contribution in [0.2, 0.25) is 0 Å². The zero-order valence-electron chi connectivity index (χ0n) is 10.2. The molecule has 0 unspecified atom stereocenters. The fourth-order valence-corrected chi connectivity index (χ4v) is 2.46. The van der Waals surface area contributed by atoms with Gasteiger partial charge in [0.25, 0.3) is 0 Å². The molecule has 3 aromatic rings. The van der Waals surface area contributed by atoms with E-state index in [9.17, 15) is 0 Å². The summed E-state index contributed by atoms with van der Waals surface area (Å²) in [5, 5.41) is 12.8. The Balaban J connectivity index is 1.93. The van der Waals surface area contributed by atoms with Crippen LogP contribution in [0.4, 0.5) is 0 Å². The summed E-state index contributed by atoms with van der Waals surface area (Å²) in [4.78, 5) is 4.33. The zero-order valence-corrected chi connectivity index (χ0v) is 11.0. The van der Waals surface area contributed by atoms with Crippen LogP contribution in [0.5, 0.6) is 5.75 Å². The monoisotopic (exact) mass is 270 g/mol. The molecular weight excluding hydrogens is 260 g/mol. The van der Waals surface area contributed by atoms with Gasteiger partial charge in [-0.25, -0.2) is 4.98 Å². The molecule has 0 aliphatic heterocycles. The van der Waals surface area contributed by atoms with E-state index in [0.717, 1.165) is 16.1 Å². The van der Waals surface area contributed by atoms with Crippen LogP contribution in [0.1, 0.15) is 16.5 Å². The average molecular weight is 270 g/mol. The van der Waals surface area contributed by atoms with Crippen molar-refractivity contribution in [3.63, 3.8) is 0 Å². The van der Waals surface area contributed by atoms with E-state index in [4.69, 9.17) is 14.4 Å². The number of hydrogen-bond donors (Lipinski definition) is 0. The summed E-state index contributed by atoms with van der Waals surface area (Å²) in [6.07, 6.45) is 0. The molecular formula is C14H10N2O2S. The molecule has 3 rings (SSSR count). The Hall–Kier alpha value is -2.32. The Morgan fingerprint density at radius 3 is 3.00 bits per heavy atom. The van der Waals surface area contributed by atoms with Crippen molar-refractivity contribution in [1.82, 2.24) is 4.98 Å². The Bertz CT molecular complexity index is 767. The first-order chi connectivity index (χ1) is 9.28. The van der Waals surface area contributed by atoms with Gasteiger partial charge in [0.15, 0.2) is 5.75 Å². The fourth-order valence-electron chi connectivity index (χ4n) is 1.86. The number of rotatable bonds is 3. The molecule has 0 saturated heterocycles. The molecule has 0 amide bonds. The van der Waals surface area contributed by atoms with Gasteiger partial charge in [0, 0.05) is 5.38 Å². The van der Waals surface area contributed by atoms with Gasteiger partial charge < -0.3 is 9.15 Å². The first kappa shape index (κ1) is 11.8. The summed E-state index contributed by atoms with van der Waals surface area (Å²) in [6.45, 7) is 2.28. The number of nitriles is 1. The number of benzene rings is 1. The molecule has 0 N–H and O–H groups in total. The van der Waals surface area contributed by atoms with Gasteiger partial charge in [-0.2, -0.15) is 5.26 Å². The van der Waals surface area contributed by atoms with E-state index in [1.54, 1.807) is 11.3 Å². The number of nitrogens with zero attached hydrogens (tertiary/aromatic N) is 2. The lowest BCUT2D eigenvalue weighted by molar-refractivity contribution is 0.299. The summed E-state index contributed by atoms with van der Waals surface area (Å²) in [5.41, 5.74) is 1.51. The Kier molecular flexibility index (Phi) is 2.94. The van der Waals surface area contributed by atoms with Gasteiger partial charge >= 0.3 is 0 Å². The molecule has 0 aliphatic rings. The molecule has 5 heteroatoms. The van der Waals surface area contributed by atoms with Crippen LogP contribution in [0.3, 0.4) is 0 Å². The molecule has 0 fully saturated rings. The smallest absolute Gasteiger partial charge is 0.246 e. The Morgan fingerprint density at radius 2 is 2.26 bits per heavy atom. The lowest BCUT2D eigenvalue weighted by Gasteiger charge is -2.01. The maximum absolute atomic E-state index is 9.08. The van der Waals surface area contributed by atoms with Crippen molar-refractivity contribution in [1.29, 1.82) is 5.26 Å². The molecule has 1 aromatic carbocycles. The number of aromatic nitrogens is 1. The zero-order chi connectivity index (χ0) is 13.2. The molecule has 19 heavy (non-hydrogen) atoms. The van der Waals surface area contributed by atoms with Gasteiger partial charge in [0.1, 0.15) is 18.3 Å². The summed E-state index contributed by atoms with van der Waals surface area (Å²) in [7, 11) is 0. The van der Waals surface area contributed by atoms with Crippen molar-refractivity contribution in [2.24, 2.45) is 0 Å². The number of ether oxygens (including phenoxy) is 1. The first-order valence-electron chi connectivity index (χ1n) is 5.73. The van der Waals surface area contributed by atoms with Crippen LogP contribution < -0.4 is 4.74 Å². The van der Waals surface area contributed by atoms with E-state index in [2.05, 4.69) is 4.98 Å². The standard InChI is InChI=1S/C14H10N2O2S/c1-9-16-10(8-19-9)7-17-14-11-4-2-3-5-12(11)18-13(14)6-15/h2-5,8H,7H2,1H3. The summed E-state index contributed by atoms with van der Waals surface area (Å²) in [6, 6.07) is 9.46. The molecule has 0 aliphatic carbocycles. The van der Waals surface area contributed by atoms with Gasteiger partial charge in [0.2, 0.25) is 5.76 Å². The normalized spacial score (nSPS) is 10.5. The van der Waals surface area contributed by atoms with E-state index in [1.165, 1.54) is 0 Å². The SMILES string of the molecule is Cc1nc(COc2c(C#N)oc3ccccc23)cs1. The highest BCUT2D eigenvalue weighted by atomic mass is 32.1. The second kappa shape index (κ2) is 4.75. The molecule has 0 radical (unpaired) electrons. The third-order valence-corrected chi connectivity index (χ3v) is 3.50. The molecule has 94 valence electrons.